The second-order valence-electron chi connectivity index (χ2n) is 5.49. The summed E-state index contributed by atoms with van der Waals surface area (Å²) in [5.74, 6) is -0.903. The van der Waals surface area contributed by atoms with Crippen LogP contribution in [0.25, 0.3) is 17.0 Å². The number of rotatable bonds is 3. The van der Waals surface area contributed by atoms with Crippen LogP contribution in [0, 0.1) is 6.92 Å². The van der Waals surface area contributed by atoms with E-state index in [0.29, 0.717) is 26.8 Å². The van der Waals surface area contributed by atoms with Crippen molar-refractivity contribution in [3.05, 3.63) is 75.5 Å². The van der Waals surface area contributed by atoms with Crippen LogP contribution in [0.5, 0.6) is 0 Å². The van der Waals surface area contributed by atoms with Crippen LogP contribution in [0.4, 0.5) is 0 Å². The van der Waals surface area contributed by atoms with Gasteiger partial charge in [-0.2, -0.15) is 0 Å². The zero-order valence-corrected chi connectivity index (χ0v) is 15.2. The van der Waals surface area contributed by atoms with E-state index in [9.17, 15) is 9.59 Å². The lowest BCUT2D eigenvalue weighted by Crippen LogP contribution is -2.40. The minimum absolute atomic E-state index is 0.149. The van der Waals surface area contributed by atoms with E-state index >= 15 is 0 Å². The third-order valence-electron chi connectivity index (χ3n) is 3.73. The molecule has 0 aliphatic rings. The maximum atomic E-state index is 12.2. The first-order chi connectivity index (χ1) is 12.5. The number of hydrogen-bond donors (Lipinski definition) is 2. The largest absolute Gasteiger partial charge is 0.451 e. The second kappa shape index (κ2) is 7.64. The first-order valence-corrected chi connectivity index (χ1v) is 8.43. The Bertz CT molecular complexity index is 1020. The van der Waals surface area contributed by atoms with Crippen molar-refractivity contribution < 1.29 is 14.0 Å². The normalized spacial score (nSPS) is 11.0. The number of para-hydroxylation sites is 1. The molecule has 5 nitrogen and oxygen atoms in total. The summed E-state index contributed by atoms with van der Waals surface area (Å²) in [7, 11) is 0. The molecule has 3 rings (SSSR count). The van der Waals surface area contributed by atoms with E-state index in [1.54, 1.807) is 31.2 Å². The zero-order valence-electron chi connectivity index (χ0n) is 13.7. The van der Waals surface area contributed by atoms with Gasteiger partial charge in [0.1, 0.15) is 5.58 Å². The van der Waals surface area contributed by atoms with Crippen LogP contribution < -0.4 is 10.9 Å². The molecule has 2 amide bonds. The number of benzene rings is 2. The molecule has 1 aromatic heterocycles. The maximum absolute atomic E-state index is 12.2. The summed E-state index contributed by atoms with van der Waals surface area (Å²) in [6, 6.07) is 12.2. The molecule has 2 aromatic carbocycles. The number of furan rings is 1. The van der Waals surface area contributed by atoms with Gasteiger partial charge in [0.25, 0.3) is 5.91 Å². The van der Waals surface area contributed by atoms with Crippen molar-refractivity contribution in [1.82, 2.24) is 10.9 Å². The highest BCUT2D eigenvalue weighted by molar-refractivity contribution is 6.35. The predicted octanol–water partition coefficient (Wildman–Crippen LogP) is 4.52. The Morgan fingerprint density at radius 2 is 1.85 bits per heavy atom. The quantitative estimate of drug-likeness (QED) is 0.511. The number of carbonyl (C=O) groups excluding carboxylic acids is 2. The second-order valence-corrected chi connectivity index (χ2v) is 6.34. The van der Waals surface area contributed by atoms with Gasteiger partial charge < -0.3 is 4.42 Å². The standard InChI is InChI=1S/C19H14Cl2N2O3/c1-11-14-4-2-3-5-16(14)26-18(11)19(25)23-22-17(24)9-7-12-6-8-13(20)10-15(12)21/h2-10H,1H3,(H,22,24)(H,23,25)/b9-7+. The van der Waals surface area contributed by atoms with Gasteiger partial charge >= 0.3 is 5.91 Å². The highest BCUT2D eigenvalue weighted by Crippen LogP contribution is 2.24. The Morgan fingerprint density at radius 3 is 2.58 bits per heavy atom. The van der Waals surface area contributed by atoms with Crippen molar-refractivity contribution in [3.63, 3.8) is 0 Å². The molecule has 0 unspecified atom stereocenters. The highest BCUT2D eigenvalue weighted by atomic mass is 35.5. The molecule has 0 aliphatic carbocycles. The third-order valence-corrected chi connectivity index (χ3v) is 4.29. The Balaban J connectivity index is 1.64. The van der Waals surface area contributed by atoms with Gasteiger partial charge in [0.2, 0.25) is 0 Å². The number of aryl methyl sites for hydroxylation is 1. The molecule has 7 heteroatoms. The first-order valence-electron chi connectivity index (χ1n) is 7.67. The Hall–Kier alpha value is -2.76. The van der Waals surface area contributed by atoms with Crippen molar-refractivity contribution in [2.45, 2.75) is 6.92 Å². The molecule has 0 atom stereocenters. The zero-order chi connectivity index (χ0) is 18.7. The average molecular weight is 389 g/mol. The third kappa shape index (κ3) is 3.90. The number of hydrazine groups is 1. The summed E-state index contributed by atoms with van der Waals surface area (Å²) in [6.45, 7) is 1.78. The van der Waals surface area contributed by atoms with Crippen molar-refractivity contribution in [3.8, 4) is 0 Å². The number of fused-ring (bicyclic) bond motifs is 1. The average Bonchev–Trinajstić information content (AvgIpc) is 2.96. The molecule has 132 valence electrons. The van der Waals surface area contributed by atoms with E-state index in [1.165, 1.54) is 12.2 Å². The lowest BCUT2D eigenvalue weighted by molar-refractivity contribution is -0.117. The first kappa shape index (κ1) is 18.0. The molecule has 3 aromatic rings. The maximum Gasteiger partial charge on any atom is 0.305 e. The van der Waals surface area contributed by atoms with Gasteiger partial charge in [0.05, 0.1) is 0 Å². The van der Waals surface area contributed by atoms with Crippen molar-refractivity contribution >= 4 is 52.1 Å². The Labute approximate surface area is 159 Å². The van der Waals surface area contributed by atoms with Crippen LogP contribution in [-0.2, 0) is 4.79 Å². The Kier molecular flexibility index (Phi) is 5.30. The van der Waals surface area contributed by atoms with Gasteiger partial charge in [-0.3, -0.25) is 20.4 Å². The molecular weight excluding hydrogens is 375 g/mol. The highest BCUT2D eigenvalue weighted by Gasteiger charge is 2.17. The van der Waals surface area contributed by atoms with Gasteiger partial charge in [-0.1, -0.05) is 47.5 Å². The number of halogens is 2. The lowest BCUT2D eigenvalue weighted by Gasteiger charge is -2.04. The molecule has 1 heterocycles. The fraction of sp³-hybridized carbons (Fsp3) is 0.0526. The molecule has 2 N–H and O–H groups in total. The summed E-state index contributed by atoms with van der Waals surface area (Å²) in [6.07, 6.45) is 2.77. The van der Waals surface area contributed by atoms with E-state index in [2.05, 4.69) is 10.9 Å². The van der Waals surface area contributed by atoms with Gasteiger partial charge in [0.15, 0.2) is 5.76 Å². The van der Waals surface area contributed by atoms with Crippen LogP contribution in [0.2, 0.25) is 10.0 Å². The van der Waals surface area contributed by atoms with Crippen LogP contribution in [0.15, 0.2) is 53.0 Å². The van der Waals surface area contributed by atoms with E-state index < -0.39 is 11.8 Å². The van der Waals surface area contributed by atoms with Gasteiger partial charge in [-0.25, -0.2) is 0 Å². The molecule has 0 saturated heterocycles. The molecule has 0 radical (unpaired) electrons. The molecule has 26 heavy (non-hydrogen) atoms. The van der Waals surface area contributed by atoms with E-state index in [-0.39, 0.29) is 5.76 Å². The van der Waals surface area contributed by atoms with Crippen LogP contribution in [0.1, 0.15) is 21.7 Å². The SMILES string of the molecule is Cc1c(C(=O)NNC(=O)/C=C/c2ccc(Cl)cc2Cl)oc2ccccc12. The number of hydrogen-bond acceptors (Lipinski definition) is 3. The monoisotopic (exact) mass is 388 g/mol. The van der Waals surface area contributed by atoms with Crippen molar-refractivity contribution in [2.75, 3.05) is 0 Å². The molecule has 0 saturated carbocycles. The summed E-state index contributed by atoms with van der Waals surface area (Å²) in [5.41, 5.74) is 6.57. The molecule has 0 spiro atoms. The van der Waals surface area contributed by atoms with Crippen molar-refractivity contribution in [1.29, 1.82) is 0 Å². The number of carbonyl (C=O) groups is 2. The van der Waals surface area contributed by atoms with Crippen LogP contribution in [-0.4, -0.2) is 11.8 Å². The van der Waals surface area contributed by atoms with Gasteiger partial charge in [0, 0.05) is 27.1 Å². The topological polar surface area (TPSA) is 71.3 Å². The number of amides is 2. The van der Waals surface area contributed by atoms with Crippen LogP contribution in [0.3, 0.4) is 0 Å². The molecule has 0 bridgehead atoms. The summed E-state index contributed by atoms with van der Waals surface area (Å²) >= 11 is 11.8. The fourth-order valence-electron chi connectivity index (χ4n) is 2.41. The Morgan fingerprint density at radius 1 is 1.08 bits per heavy atom. The molecule has 0 aliphatic heterocycles. The molecule has 0 fully saturated rings. The van der Waals surface area contributed by atoms with E-state index in [1.807, 2.05) is 18.2 Å². The summed E-state index contributed by atoms with van der Waals surface area (Å²) in [4.78, 5) is 24.1. The predicted molar refractivity (Wildman–Crippen MR) is 102 cm³/mol. The molecular formula is C19H14Cl2N2O3. The van der Waals surface area contributed by atoms with Crippen LogP contribution >= 0.6 is 23.2 Å². The van der Waals surface area contributed by atoms with Gasteiger partial charge in [-0.15, -0.1) is 0 Å². The number of nitrogens with one attached hydrogen (secondary N) is 2. The van der Waals surface area contributed by atoms with Crippen molar-refractivity contribution in [2.24, 2.45) is 0 Å². The van der Waals surface area contributed by atoms with Gasteiger partial charge in [-0.05, 0) is 36.8 Å². The minimum atomic E-state index is -0.537. The van der Waals surface area contributed by atoms with E-state index in [4.69, 9.17) is 27.6 Å². The fourth-order valence-corrected chi connectivity index (χ4v) is 2.88. The summed E-state index contributed by atoms with van der Waals surface area (Å²) < 4.78 is 5.54. The van der Waals surface area contributed by atoms with E-state index in [0.717, 1.165) is 5.39 Å². The smallest absolute Gasteiger partial charge is 0.305 e. The lowest BCUT2D eigenvalue weighted by atomic mass is 10.1. The minimum Gasteiger partial charge on any atom is -0.451 e. The summed E-state index contributed by atoms with van der Waals surface area (Å²) in [5, 5.41) is 1.77.